The highest BCUT2D eigenvalue weighted by molar-refractivity contribution is 5.79. The highest BCUT2D eigenvalue weighted by atomic mass is 19.1. The van der Waals surface area contributed by atoms with Gasteiger partial charge in [0.2, 0.25) is 0 Å². The fraction of sp³-hybridized carbons (Fsp3) is 0.250. The number of guanidine groups is 1. The van der Waals surface area contributed by atoms with E-state index in [1.165, 1.54) is 6.07 Å². The van der Waals surface area contributed by atoms with E-state index in [0.29, 0.717) is 24.6 Å². The molecular weight excluding hydrogens is 343 g/mol. The fourth-order valence-electron chi connectivity index (χ4n) is 2.60. The summed E-state index contributed by atoms with van der Waals surface area (Å²) in [6, 6.07) is 10.9. The minimum atomic E-state index is -0.196. The maximum atomic E-state index is 13.4. The molecule has 0 aliphatic carbocycles. The van der Waals surface area contributed by atoms with Crippen LogP contribution in [0.2, 0.25) is 0 Å². The smallest absolute Gasteiger partial charge is 0.191 e. The molecule has 2 heterocycles. The summed E-state index contributed by atoms with van der Waals surface area (Å²) >= 11 is 0. The van der Waals surface area contributed by atoms with E-state index in [4.69, 9.17) is 0 Å². The lowest BCUT2D eigenvalue weighted by molar-refractivity contribution is 0.617. The zero-order valence-electron chi connectivity index (χ0n) is 15.5. The largest absolute Gasteiger partial charge is 0.357 e. The van der Waals surface area contributed by atoms with Gasteiger partial charge in [-0.15, -0.1) is 0 Å². The molecule has 2 aromatic heterocycles. The Morgan fingerprint density at radius 2 is 2.04 bits per heavy atom. The SMILES string of the molecule is CCNC(=NCc1ccc(F)c(C)c1)NCc1ccnc(-n2cccn2)c1. The number of nitrogens with zero attached hydrogens (tertiary/aromatic N) is 4. The Bertz CT molecular complexity index is 905. The number of rotatable bonds is 6. The lowest BCUT2D eigenvalue weighted by atomic mass is 10.1. The van der Waals surface area contributed by atoms with Crippen LogP contribution in [0, 0.1) is 12.7 Å². The second-order valence-electron chi connectivity index (χ2n) is 6.11. The van der Waals surface area contributed by atoms with E-state index >= 15 is 0 Å². The summed E-state index contributed by atoms with van der Waals surface area (Å²) in [5, 5.41) is 10.7. The standard InChI is InChI=1S/C20H23FN6/c1-3-22-20(24-13-16-5-6-18(21)15(2)11-16)25-14-17-7-9-23-19(12-17)27-10-4-8-26-27/h4-12H,3,13-14H2,1-2H3,(H2,22,24,25). The molecule has 140 valence electrons. The van der Waals surface area contributed by atoms with E-state index in [2.05, 4.69) is 25.7 Å². The van der Waals surface area contributed by atoms with Crippen LogP contribution in [-0.4, -0.2) is 27.3 Å². The van der Waals surface area contributed by atoms with Crippen molar-refractivity contribution in [3.63, 3.8) is 0 Å². The number of aromatic nitrogens is 3. The molecule has 2 N–H and O–H groups in total. The van der Waals surface area contributed by atoms with Gasteiger partial charge in [-0.3, -0.25) is 0 Å². The number of hydrogen-bond acceptors (Lipinski definition) is 3. The number of aryl methyl sites for hydroxylation is 1. The quantitative estimate of drug-likeness (QED) is 0.520. The molecule has 0 saturated heterocycles. The molecule has 0 radical (unpaired) electrons. The summed E-state index contributed by atoms with van der Waals surface area (Å²) in [5.41, 5.74) is 2.67. The van der Waals surface area contributed by atoms with Crippen molar-refractivity contribution in [2.24, 2.45) is 4.99 Å². The molecule has 0 aliphatic heterocycles. The highest BCUT2D eigenvalue weighted by Gasteiger charge is 2.03. The first-order valence-corrected chi connectivity index (χ1v) is 8.88. The Kier molecular flexibility index (Phi) is 6.14. The number of nitrogens with one attached hydrogen (secondary N) is 2. The maximum Gasteiger partial charge on any atom is 0.191 e. The van der Waals surface area contributed by atoms with Crippen molar-refractivity contribution in [3.05, 3.63) is 77.5 Å². The molecule has 0 amide bonds. The summed E-state index contributed by atoms with van der Waals surface area (Å²) in [7, 11) is 0. The summed E-state index contributed by atoms with van der Waals surface area (Å²) < 4.78 is 15.1. The maximum absolute atomic E-state index is 13.4. The first-order chi connectivity index (χ1) is 13.2. The first kappa shape index (κ1) is 18.6. The predicted octanol–water partition coefficient (Wildman–Crippen LogP) is 2.97. The van der Waals surface area contributed by atoms with Crippen LogP contribution < -0.4 is 10.6 Å². The van der Waals surface area contributed by atoms with Gasteiger partial charge >= 0.3 is 0 Å². The number of halogens is 1. The van der Waals surface area contributed by atoms with E-state index in [-0.39, 0.29) is 5.82 Å². The van der Waals surface area contributed by atoms with Crippen molar-refractivity contribution in [3.8, 4) is 5.82 Å². The molecule has 0 spiro atoms. The molecular formula is C20H23FN6. The van der Waals surface area contributed by atoms with Crippen LogP contribution in [0.15, 0.2) is 60.0 Å². The zero-order chi connectivity index (χ0) is 19.1. The van der Waals surface area contributed by atoms with Crippen molar-refractivity contribution in [1.29, 1.82) is 0 Å². The van der Waals surface area contributed by atoms with Crippen molar-refractivity contribution in [2.75, 3.05) is 6.54 Å². The van der Waals surface area contributed by atoms with Gasteiger partial charge in [0.15, 0.2) is 11.8 Å². The lowest BCUT2D eigenvalue weighted by Crippen LogP contribution is -2.36. The van der Waals surface area contributed by atoms with Gasteiger partial charge in [-0.25, -0.2) is 19.0 Å². The third-order valence-electron chi connectivity index (χ3n) is 4.00. The van der Waals surface area contributed by atoms with Crippen LogP contribution in [0.4, 0.5) is 4.39 Å². The molecule has 0 unspecified atom stereocenters. The minimum Gasteiger partial charge on any atom is -0.357 e. The second kappa shape index (κ2) is 8.93. The van der Waals surface area contributed by atoms with Crippen LogP contribution in [0.3, 0.4) is 0 Å². The predicted molar refractivity (Wildman–Crippen MR) is 104 cm³/mol. The molecule has 0 atom stereocenters. The van der Waals surface area contributed by atoms with Crippen molar-refractivity contribution < 1.29 is 4.39 Å². The van der Waals surface area contributed by atoms with E-state index in [1.807, 2.05) is 37.4 Å². The molecule has 3 aromatic rings. The second-order valence-corrected chi connectivity index (χ2v) is 6.11. The third-order valence-corrected chi connectivity index (χ3v) is 4.00. The van der Waals surface area contributed by atoms with Gasteiger partial charge in [0.05, 0.1) is 6.54 Å². The summed E-state index contributed by atoms with van der Waals surface area (Å²) in [6.45, 7) is 5.60. The van der Waals surface area contributed by atoms with Crippen LogP contribution in [0.5, 0.6) is 0 Å². The molecule has 27 heavy (non-hydrogen) atoms. The Hall–Kier alpha value is -3.22. The van der Waals surface area contributed by atoms with E-state index in [0.717, 1.165) is 23.5 Å². The normalized spacial score (nSPS) is 11.4. The number of benzene rings is 1. The van der Waals surface area contributed by atoms with Crippen LogP contribution >= 0.6 is 0 Å². The van der Waals surface area contributed by atoms with Crippen molar-refractivity contribution >= 4 is 5.96 Å². The average Bonchev–Trinajstić information content (AvgIpc) is 3.22. The zero-order valence-corrected chi connectivity index (χ0v) is 15.5. The van der Waals surface area contributed by atoms with E-state index < -0.39 is 0 Å². The van der Waals surface area contributed by atoms with Gasteiger partial charge in [0, 0.05) is 31.7 Å². The highest BCUT2D eigenvalue weighted by Crippen LogP contribution is 2.10. The Morgan fingerprint density at radius 3 is 2.78 bits per heavy atom. The van der Waals surface area contributed by atoms with Gasteiger partial charge in [-0.05, 0) is 54.8 Å². The van der Waals surface area contributed by atoms with E-state index in [1.54, 1.807) is 30.1 Å². The Balaban J connectivity index is 1.65. The first-order valence-electron chi connectivity index (χ1n) is 8.88. The van der Waals surface area contributed by atoms with Crippen LogP contribution in [-0.2, 0) is 13.1 Å². The Morgan fingerprint density at radius 1 is 1.15 bits per heavy atom. The van der Waals surface area contributed by atoms with Crippen molar-refractivity contribution in [2.45, 2.75) is 26.9 Å². The van der Waals surface area contributed by atoms with Gasteiger partial charge in [-0.2, -0.15) is 5.10 Å². The number of hydrogen-bond donors (Lipinski definition) is 2. The summed E-state index contributed by atoms with van der Waals surface area (Å²) in [4.78, 5) is 8.91. The molecule has 0 aliphatic rings. The average molecular weight is 366 g/mol. The molecule has 1 aromatic carbocycles. The van der Waals surface area contributed by atoms with Gasteiger partial charge in [0.25, 0.3) is 0 Å². The minimum absolute atomic E-state index is 0.196. The van der Waals surface area contributed by atoms with Crippen molar-refractivity contribution in [1.82, 2.24) is 25.4 Å². The fourth-order valence-corrected chi connectivity index (χ4v) is 2.60. The molecule has 0 fully saturated rings. The molecule has 7 heteroatoms. The molecule has 3 rings (SSSR count). The number of aliphatic imine (C=N–C) groups is 1. The molecule has 6 nitrogen and oxygen atoms in total. The van der Waals surface area contributed by atoms with E-state index in [9.17, 15) is 4.39 Å². The third kappa shape index (κ3) is 5.13. The summed E-state index contributed by atoms with van der Waals surface area (Å²) in [6.07, 6.45) is 5.34. The van der Waals surface area contributed by atoms with Gasteiger partial charge in [-0.1, -0.05) is 12.1 Å². The van der Waals surface area contributed by atoms with Crippen LogP contribution in [0.25, 0.3) is 5.82 Å². The topological polar surface area (TPSA) is 67.1 Å². The van der Waals surface area contributed by atoms with Gasteiger partial charge < -0.3 is 10.6 Å². The lowest BCUT2D eigenvalue weighted by Gasteiger charge is -2.12. The number of pyridine rings is 1. The molecule has 0 bridgehead atoms. The van der Waals surface area contributed by atoms with Gasteiger partial charge in [0.1, 0.15) is 5.82 Å². The molecule has 0 saturated carbocycles. The Labute approximate surface area is 158 Å². The van der Waals surface area contributed by atoms with Crippen LogP contribution in [0.1, 0.15) is 23.6 Å². The summed E-state index contributed by atoms with van der Waals surface area (Å²) in [5.74, 6) is 1.28. The monoisotopic (exact) mass is 366 g/mol.